The molecule has 2 aromatic carbocycles. The molecule has 2 N–H and O–H groups in total. The molecule has 0 aliphatic heterocycles. The van der Waals surface area contributed by atoms with Gasteiger partial charge in [0.05, 0.1) is 17.9 Å². The number of nitrogens with two attached hydrogens (primary N) is 1. The Labute approximate surface area is 129 Å². The maximum absolute atomic E-state index is 12.3. The Morgan fingerprint density at radius 1 is 1.25 bits per heavy atom. The summed E-state index contributed by atoms with van der Waals surface area (Å²) < 4.78 is 18.4. The fourth-order valence-electron chi connectivity index (χ4n) is 1.84. The first-order valence-corrected chi connectivity index (χ1v) is 8.25. The highest BCUT2D eigenvalue weighted by Gasteiger charge is 2.13. The van der Waals surface area contributed by atoms with Crippen LogP contribution in [0.15, 0.2) is 57.9 Å². The molecule has 0 spiro atoms. The lowest BCUT2D eigenvalue weighted by Gasteiger charge is -2.13. The number of hydrogen-bond donors (Lipinski definition) is 1. The summed E-state index contributed by atoms with van der Waals surface area (Å²) in [7, 11) is 0.487. The first-order valence-electron chi connectivity index (χ1n) is 6.13. The van der Waals surface area contributed by atoms with Crippen LogP contribution in [-0.2, 0) is 10.8 Å². The first kappa shape index (κ1) is 15.2. The highest BCUT2D eigenvalue weighted by molar-refractivity contribution is 9.10. The molecule has 0 heterocycles. The monoisotopic (exact) mass is 353 g/mol. The number of methoxy groups -OCH3 is 1. The molecule has 0 fully saturated rings. The summed E-state index contributed by atoms with van der Waals surface area (Å²) in [6.07, 6.45) is 0. The lowest BCUT2D eigenvalue weighted by molar-refractivity contribution is 0.414. The fraction of sp³-hybridized carbons (Fsp3) is 0.200. The Bertz CT molecular complexity index is 618. The van der Waals surface area contributed by atoms with Gasteiger partial charge in [-0.05, 0) is 35.9 Å². The lowest BCUT2D eigenvalue weighted by atomic mass is 10.1. The number of rotatable bonds is 5. The average Bonchev–Trinajstić information content (AvgIpc) is 2.47. The minimum atomic E-state index is -1.13. The smallest absolute Gasteiger partial charge is 0.119 e. The van der Waals surface area contributed by atoms with Gasteiger partial charge in [-0.25, -0.2) is 0 Å². The molecule has 5 heteroatoms. The van der Waals surface area contributed by atoms with Gasteiger partial charge in [0.25, 0.3) is 0 Å². The molecular weight excluding hydrogens is 338 g/mol. The molecule has 0 aromatic heterocycles. The SMILES string of the molecule is COc1cccc(C(N)CS(=O)c2cccc(Br)c2)c1. The maximum Gasteiger partial charge on any atom is 0.119 e. The van der Waals surface area contributed by atoms with Gasteiger partial charge >= 0.3 is 0 Å². The lowest BCUT2D eigenvalue weighted by Crippen LogP contribution is -2.18. The van der Waals surface area contributed by atoms with E-state index in [0.717, 1.165) is 20.7 Å². The van der Waals surface area contributed by atoms with Crippen molar-refractivity contribution in [3.05, 3.63) is 58.6 Å². The maximum atomic E-state index is 12.3. The predicted octanol–water partition coefficient (Wildman–Crippen LogP) is 3.27. The Morgan fingerprint density at radius 2 is 2.00 bits per heavy atom. The van der Waals surface area contributed by atoms with Crippen LogP contribution in [0.4, 0.5) is 0 Å². The van der Waals surface area contributed by atoms with Gasteiger partial charge in [-0.3, -0.25) is 4.21 Å². The number of benzene rings is 2. The molecule has 0 amide bonds. The molecule has 106 valence electrons. The van der Waals surface area contributed by atoms with Crippen molar-refractivity contribution < 1.29 is 8.95 Å². The number of ether oxygens (including phenoxy) is 1. The summed E-state index contributed by atoms with van der Waals surface area (Å²) in [6.45, 7) is 0. The van der Waals surface area contributed by atoms with Crippen LogP contribution in [0.25, 0.3) is 0 Å². The van der Waals surface area contributed by atoms with Gasteiger partial charge in [0.15, 0.2) is 0 Å². The average molecular weight is 354 g/mol. The van der Waals surface area contributed by atoms with Gasteiger partial charge in [0, 0.05) is 21.2 Å². The van der Waals surface area contributed by atoms with Gasteiger partial charge in [0.2, 0.25) is 0 Å². The third kappa shape index (κ3) is 3.91. The Morgan fingerprint density at radius 3 is 2.70 bits per heavy atom. The molecule has 20 heavy (non-hydrogen) atoms. The Hall–Kier alpha value is -1.17. The van der Waals surface area contributed by atoms with Gasteiger partial charge in [-0.1, -0.05) is 34.1 Å². The summed E-state index contributed by atoms with van der Waals surface area (Å²) in [5.41, 5.74) is 7.06. The second-order valence-electron chi connectivity index (χ2n) is 4.35. The summed E-state index contributed by atoms with van der Waals surface area (Å²) in [5, 5.41) is 0. The molecule has 2 rings (SSSR count). The second-order valence-corrected chi connectivity index (χ2v) is 6.76. The zero-order chi connectivity index (χ0) is 14.5. The van der Waals surface area contributed by atoms with Crippen LogP contribution in [0.2, 0.25) is 0 Å². The van der Waals surface area contributed by atoms with E-state index in [1.165, 1.54) is 0 Å². The quantitative estimate of drug-likeness (QED) is 0.897. The molecule has 0 aliphatic rings. The van der Waals surface area contributed by atoms with Crippen LogP contribution in [0.1, 0.15) is 11.6 Å². The van der Waals surface area contributed by atoms with Crippen LogP contribution in [-0.4, -0.2) is 17.1 Å². The van der Waals surface area contributed by atoms with Crippen molar-refractivity contribution in [3.8, 4) is 5.75 Å². The molecule has 3 nitrogen and oxygen atoms in total. The molecule has 0 saturated carbocycles. The van der Waals surface area contributed by atoms with E-state index in [9.17, 15) is 4.21 Å². The Balaban J connectivity index is 2.10. The van der Waals surface area contributed by atoms with Crippen molar-refractivity contribution in [2.75, 3.05) is 12.9 Å². The molecule has 0 aliphatic carbocycles. The van der Waals surface area contributed by atoms with Crippen LogP contribution in [0, 0.1) is 0 Å². The zero-order valence-electron chi connectivity index (χ0n) is 11.1. The minimum absolute atomic E-state index is 0.287. The van der Waals surface area contributed by atoms with E-state index < -0.39 is 10.8 Å². The van der Waals surface area contributed by atoms with Crippen LogP contribution < -0.4 is 10.5 Å². The van der Waals surface area contributed by atoms with Crippen molar-refractivity contribution in [3.63, 3.8) is 0 Å². The normalized spacial score (nSPS) is 13.8. The highest BCUT2D eigenvalue weighted by Crippen LogP contribution is 2.21. The van der Waals surface area contributed by atoms with Crippen molar-refractivity contribution in [2.24, 2.45) is 5.73 Å². The van der Waals surface area contributed by atoms with E-state index in [1.807, 2.05) is 48.5 Å². The van der Waals surface area contributed by atoms with E-state index in [-0.39, 0.29) is 6.04 Å². The molecule has 2 atom stereocenters. The van der Waals surface area contributed by atoms with E-state index in [1.54, 1.807) is 7.11 Å². The van der Waals surface area contributed by atoms with E-state index >= 15 is 0 Å². The number of hydrogen-bond acceptors (Lipinski definition) is 3. The van der Waals surface area contributed by atoms with Crippen LogP contribution in [0.5, 0.6) is 5.75 Å². The molecular formula is C15H16BrNO2S. The predicted molar refractivity (Wildman–Crippen MR) is 85.3 cm³/mol. The fourth-order valence-corrected chi connectivity index (χ4v) is 3.59. The first-order chi connectivity index (χ1) is 9.60. The summed E-state index contributed by atoms with van der Waals surface area (Å²) >= 11 is 3.38. The van der Waals surface area contributed by atoms with Crippen LogP contribution >= 0.6 is 15.9 Å². The largest absolute Gasteiger partial charge is 0.497 e. The third-order valence-electron chi connectivity index (χ3n) is 2.91. The van der Waals surface area contributed by atoms with Crippen molar-refractivity contribution in [2.45, 2.75) is 10.9 Å². The van der Waals surface area contributed by atoms with Gasteiger partial charge in [0.1, 0.15) is 5.75 Å². The summed E-state index contributed by atoms with van der Waals surface area (Å²) in [5.74, 6) is 1.13. The van der Waals surface area contributed by atoms with Crippen molar-refractivity contribution in [1.82, 2.24) is 0 Å². The molecule has 0 saturated heterocycles. The minimum Gasteiger partial charge on any atom is -0.497 e. The molecule has 0 bridgehead atoms. The van der Waals surface area contributed by atoms with Crippen molar-refractivity contribution in [1.29, 1.82) is 0 Å². The van der Waals surface area contributed by atoms with Gasteiger partial charge in [-0.15, -0.1) is 0 Å². The van der Waals surface area contributed by atoms with E-state index in [2.05, 4.69) is 15.9 Å². The molecule has 2 aromatic rings. The van der Waals surface area contributed by atoms with E-state index in [0.29, 0.717) is 5.75 Å². The Kier molecular flexibility index (Phi) is 5.34. The zero-order valence-corrected chi connectivity index (χ0v) is 13.5. The highest BCUT2D eigenvalue weighted by atomic mass is 79.9. The van der Waals surface area contributed by atoms with Gasteiger partial charge in [-0.2, -0.15) is 0 Å². The molecule has 2 unspecified atom stereocenters. The molecule has 0 radical (unpaired) electrons. The number of halogens is 1. The topological polar surface area (TPSA) is 52.3 Å². The van der Waals surface area contributed by atoms with Gasteiger partial charge < -0.3 is 10.5 Å². The summed E-state index contributed by atoms with van der Waals surface area (Å²) in [6, 6.07) is 14.7. The summed E-state index contributed by atoms with van der Waals surface area (Å²) in [4.78, 5) is 0.776. The van der Waals surface area contributed by atoms with Crippen LogP contribution in [0.3, 0.4) is 0 Å². The third-order valence-corrected chi connectivity index (χ3v) is 4.85. The standard InChI is InChI=1S/C15H16BrNO2S/c1-19-13-6-2-4-11(8-13)15(17)10-20(18)14-7-3-5-12(16)9-14/h2-9,15H,10,17H2,1H3. The second kappa shape index (κ2) is 7.02. The van der Waals surface area contributed by atoms with E-state index in [4.69, 9.17) is 10.5 Å². The van der Waals surface area contributed by atoms with Crippen molar-refractivity contribution >= 4 is 26.7 Å².